The maximum atomic E-state index is 6.30. The third-order valence-electron chi connectivity index (χ3n) is 4.70. The second kappa shape index (κ2) is 15.4. The van der Waals surface area contributed by atoms with E-state index in [0.717, 1.165) is 32.5 Å². The van der Waals surface area contributed by atoms with Crippen molar-refractivity contribution in [3.8, 4) is 0 Å². The Morgan fingerprint density at radius 3 is 1.48 bits per heavy atom. The van der Waals surface area contributed by atoms with E-state index in [1.165, 1.54) is 57.8 Å². The lowest BCUT2D eigenvalue weighted by Crippen LogP contribution is -2.42. The monoisotopic (exact) mass is 328 g/mol. The molecule has 0 radical (unpaired) electrons. The molecule has 0 unspecified atom stereocenters. The molecular weight excluding hydrogens is 284 g/mol. The molecule has 140 valence electrons. The second-order valence-electron chi connectivity index (χ2n) is 7.24. The van der Waals surface area contributed by atoms with E-state index in [4.69, 9.17) is 9.47 Å². The standard InChI is InChI=1S/C21H44O2/c1-6-9-12-13-14-15-16-17-21(20(4)5,22-18-10-7-2)23-19-11-8-3/h20H,6-19H2,1-5H3. The van der Waals surface area contributed by atoms with E-state index in [1.54, 1.807) is 0 Å². The minimum absolute atomic E-state index is 0.353. The first-order valence-corrected chi connectivity index (χ1v) is 10.4. The zero-order valence-corrected chi connectivity index (χ0v) is 16.8. The maximum absolute atomic E-state index is 6.30. The van der Waals surface area contributed by atoms with Gasteiger partial charge in [0.15, 0.2) is 5.79 Å². The number of hydrogen-bond donors (Lipinski definition) is 0. The van der Waals surface area contributed by atoms with Crippen LogP contribution in [0.3, 0.4) is 0 Å². The van der Waals surface area contributed by atoms with E-state index in [9.17, 15) is 0 Å². The maximum Gasteiger partial charge on any atom is 0.170 e. The van der Waals surface area contributed by atoms with Crippen molar-refractivity contribution in [1.82, 2.24) is 0 Å². The van der Waals surface area contributed by atoms with E-state index >= 15 is 0 Å². The SMILES string of the molecule is CCCCCCCCCC(OCCCC)(OCCCC)C(C)C. The Labute approximate surface area is 146 Å². The highest BCUT2D eigenvalue weighted by Crippen LogP contribution is 2.31. The molecule has 0 spiro atoms. The van der Waals surface area contributed by atoms with Crippen molar-refractivity contribution in [3.05, 3.63) is 0 Å². The Balaban J connectivity index is 4.30. The largest absolute Gasteiger partial charge is 0.350 e. The molecule has 0 aliphatic rings. The van der Waals surface area contributed by atoms with Gasteiger partial charge in [0.25, 0.3) is 0 Å². The number of hydrogen-bond acceptors (Lipinski definition) is 2. The highest BCUT2D eigenvalue weighted by molar-refractivity contribution is 4.75. The van der Waals surface area contributed by atoms with Gasteiger partial charge in [-0.3, -0.25) is 0 Å². The average Bonchev–Trinajstić information content (AvgIpc) is 2.53. The third kappa shape index (κ3) is 11.2. The smallest absolute Gasteiger partial charge is 0.170 e. The molecule has 0 aromatic rings. The Morgan fingerprint density at radius 2 is 1.04 bits per heavy atom. The average molecular weight is 329 g/mol. The minimum atomic E-state index is -0.353. The summed E-state index contributed by atoms with van der Waals surface area (Å²) in [5, 5.41) is 0. The first-order chi connectivity index (χ1) is 11.1. The van der Waals surface area contributed by atoms with Crippen LogP contribution < -0.4 is 0 Å². The minimum Gasteiger partial charge on any atom is -0.350 e. The van der Waals surface area contributed by atoms with Crippen molar-refractivity contribution in [3.63, 3.8) is 0 Å². The van der Waals surface area contributed by atoms with Gasteiger partial charge in [0.2, 0.25) is 0 Å². The Morgan fingerprint density at radius 1 is 0.609 bits per heavy atom. The Bertz CT molecular complexity index is 228. The lowest BCUT2D eigenvalue weighted by atomic mass is 9.95. The number of unbranched alkanes of at least 4 members (excludes halogenated alkanes) is 8. The molecule has 0 saturated heterocycles. The third-order valence-corrected chi connectivity index (χ3v) is 4.70. The molecule has 0 N–H and O–H groups in total. The number of rotatable bonds is 17. The summed E-state index contributed by atoms with van der Waals surface area (Å²) >= 11 is 0. The Kier molecular flexibility index (Phi) is 15.4. The van der Waals surface area contributed by atoms with Crippen LogP contribution in [0.5, 0.6) is 0 Å². The van der Waals surface area contributed by atoms with Gasteiger partial charge in [-0.1, -0.05) is 86.0 Å². The van der Waals surface area contributed by atoms with Gasteiger partial charge in [-0.2, -0.15) is 0 Å². The molecular formula is C21H44O2. The van der Waals surface area contributed by atoms with Crippen molar-refractivity contribution >= 4 is 0 Å². The van der Waals surface area contributed by atoms with Crippen molar-refractivity contribution in [2.45, 2.75) is 117 Å². The van der Waals surface area contributed by atoms with E-state index in [1.807, 2.05) is 0 Å². The van der Waals surface area contributed by atoms with Gasteiger partial charge < -0.3 is 9.47 Å². The Hall–Kier alpha value is -0.0800. The quantitative estimate of drug-likeness (QED) is 0.209. The summed E-state index contributed by atoms with van der Waals surface area (Å²) in [6.07, 6.45) is 15.1. The zero-order chi connectivity index (χ0) is 17.4. The van der Waals surface area contributed by atoms with E-state index in [-0.39, 0.29) is 5.79 Å². The zero-order valence-electron chi connectivity index (χ0n) is 16.8. The summed E-state index contributed by atoms with van der Waals surface area (Å²) in [6, 6.07) is 0. The fraction of sp³-hybridized carbons (Fsp3) is 1.00. The highest BCUT2D eigenvalue weighted by atomic mass is 16.7. The molecule has 2 heteroatoms. The lowest BCUT2D eigenvalue weighted by Gasteiger charge is -2.38. The molecule has 2 nitrogen and oxygen atoms in total. The highest BCUT2D eigenvalue weighted by Gasteiger charge is 2.35. The lowest BCUT2D eigenvalue weighted by molar-refractivity contribution is -0.266. The van der Waals surface area contributed by atoms with Crippen molar-refractivity contribution in [2.75, 3.05) is 13.2 Å². The molecule has 0 aromatic heterocycles. The molecule has 0 aliphatic carbocycles. The second-order valence-corrected chi connectivity index (χ2v) is 7.24. The van der Waals surface area contributed by atoms with Crippen LogP contribution in [0.4, 0.5) is 0 Å². The fourth-order valence-electron chi connectivity index (χ4n) is 2.92. The van der Waals surface area contributed by atoms with Crippen molar-refractivity contribution in [1.29, 1.82) is 0 Å². The fourth-order valence-corrected chi connectivity index (χ4v) is 2.92. The molecule has 0 fully saturated rings. The van der Waals surface area contributed by atoms with Gasteiger partial charge in [-0.05, 0) is 19.3 Å². The van der Waals surface area contributed by atoms with Crippen LogP contribution >= 0.6 is 0 Å². The van der Waals surface area contributed by atoms with Gasteiger partial charge >= 0.3 is 0 Å². The van der Waals surface area contributed by atoms with Gasteiger partial charge in [0.1, 0.15) is 0 Å². The molecule has 23 heavy (non-hydrogen) atoms. The molecule has 0 aromatic carbocycles. The molecule has 0 heterocycles. The van der Waals surface area contributed by atoms with Crippen LogP contribution in [0.1, 0.15) is 112 Å². The van der Waals surface area contributed by atoms with Crippen LogP contribution in [0.2, 0.25) is 0 Å². The van der Waals surface area contributed by atoms with Crippen LogP contribution in [-0.4, -0.2) is 19.0 Å². The van der Waals surface area contributed by atoms with E-state index in [2.05, 4.69) is 34.6 Å². The molecule has 0 amide bonds. The molecule has 0 atom stereocenters. The van der Waals surface area contributed by atoms with Crippen LogP contribution in [0.25, 0.3) is 0 Å². The summed E-state index contributed by atoms with van der Waals surface area (Å²) in [4.78, 5) is 0. The summed E-state index contributed by atoms with van der Waals surface area (Å²) in [5.74, 6) is 0.0598. The first-order valence-electron chi connectivity index (χ1n) is 10.4. The van der Waals surface area contributed by atoms with E-state index in [0.29, 0.717) is 5.92 Å². The topological polar surface area (TPSA) is 18.5 Å². The summed E-state index contributed by atoms with van der Waals surface area (Å²) in [6.45, 7) is 12.9. The molecule has 0 rings (SSSR count). The predicted octanol–water partition coefficient (Wildman–Crippen LogP) is 7.11. The van der Waals surface area contributed by atoms with E-state index < -0.39 is 0 Å². The molecule has 0 aliphatic heterocycles. The van der Waals surface area contributed by atoms with Crippen LogP contribution in [-0.2, 0) is 9.47 Å². The predicted molar refractivity (Wildman–Crippen MR) is 102 cm³/mol. The van der Waals surface area contributed by atoms with Crippen LogP contribution in [0, 0.1) is 5.92 Å². The van der Waals surface area contributed by atoms with Crippen molar-refractivity contribution in [2.24, 2.45) is 5.92 Å². The summed E-state index contributed by atoms with van der Waals surface area (Å²) in [7, 11) is 0. The van der Waals surface area contributed by atoms with Gasteiger partial charge in [-0.25, -0.2) is 0 Å². The number of ether oxygens (including phenoxy) is 2. The summed E-state index contributed by atoms with van der Waals surface area (Å²) < 4.78 is 12.6. The van der Waals surface area contributed by atoms with Gasteiger partial charge in [0, 0.05) is 12.3 Å². The molecule has 0 bridgehead atoms. The van der Waals surface area contributed by atoms with Crippen LogP contribution in [0.15, 0.2) is 0 Å². The van der Waals surface area contributed by atoms with Gasteiger partial charge in [-0.15, -0.1) is 0 Å². The van der Waals surface area contributed by atoms with Crippen molar-refractivity contribution < 1.29 is 9.47 Å². The van der Waals surface area contributed by atoms with Gasteiger partial charge in [0.05, 0.1) is 13.2 Å². The normalized spacial score (nSPS) is 12.3. The summed E-state index contributed by atoms with van der Waals surface area (Å²) in [5.41, 5.74) is 0. The molecule has 0 saturated carbocycles. The first kappa shape index (κ1) is 22.9.